The lowest BCUT2D eigenvalue weighted by atomic mass is 10.2. The van der Waals surface area contributed by atoms with Crippen molar-refractivity contribution in [2.24, 2.45) is 0 Å². The predicted molar refractivity (Wildman–Crippen MR) is 51.6 cm³/mol. The molecule has 0 saturated carbocycles. The van der Waals surface area contributed by atoms with Gasteiger partial charge in [0.1, 0.15) is 5.76 Å². The van der Waals surface area contributed by atoms with Crippen LogP contribution in [0.15, 0.2) is 22.8 Å². The van der Waals surface area contributed by atoms with Gasteiger partial charge in [0.15, 0.2) is 6.04 Å². The van der Waals surface area contributed by atoms with Gasteiger partial charge in [-0.1, -0.05) is 0 Å². The molecule has 0 aliphatic heterocycles. The molecule has 14 heavy (non-hydrogen) atoms. The number of nitriles is 1. The van der Waals surface area contributed by atoms with Crippen LogP contribution in [0.25, 0.3) is 0 Å². The zero-order valence-electron chi connectivity index (χ0n) is 8.43. The van der Waals surface area contributed by atoms with Crippen molar-refractivity contribution in [3.63, 3.8) is 0 Å². The van der Waals surface area contributed by atoms with E-state index < -0.39 is 0 Å². The van der Waals surface area contributed by atoms with Crippen LogP contribution >= 0.6 is 0 Å². The quantitative estimate of drug-likeness (QED) is 0.711. The van der Waals surface area contributed by atoms with Crippen LogP contribution in [0.1, 0.15) is 11.8 Å². The Bertz CT molecular complexity index is 290. The molecule has 0 N–H and O–H groups in total. The molecule has 0 bridgehead atoms. The van der Waals surface area contributed by atoms with Crippen molar-refractivity contribution in [3.8, 4) is 6.07 Å². The van der Waals surface area contributed by atoms with Gasteiger partial charge in [0.05, 0.1) is 18.9 Å². The normalized spacial score (nSPS) is 12.7. The third-order valence-corrected chi connectivity index (χ3v) is 2.02. The summed E-state index contributed by atoms with van der Waals surface area (Å²) in [7, 11) is 3.51. The average Bonchev–Trinajstić information content (AvgIpc) is 2.69. The van der Waals surface area contributed by atoms with E-state index in [1.54, 1.807) is 25.5 Å². The molecule has 1 aromatic heterocycles. The van der Waals surface area contributed by atoms with Crippen molar-refractivity contribution in [2.75, 3.05) is 27.3 Å². The Hall–Kier alpha value is -1.31. The van der Waals surface area contributed by atoms with Gasteiger partial charge in [-0.05, 0) is 19.2 Å². The summed E-state index contributed by atoms with van der Waals surface area (Å²) in [5.41, 5.74) is 0. The number of rotatable bonds is 5. The van der Waals surface area contributed by atoms with Gasteiger partial charge in [-0.3, -0.25) is 4.90 Å². The summed E-state index contributed by atoms with van der Waals surface area (Å²) in [6, 6.07) is 5.44. The second kappa shape index (κ2) is 5.43. The van der Waals surface area contributed by atoms with Crippen LogP contribution in [0.2, 0.25) is 0 Å². The standard InChI is InChI=1S/C10H14N2O2/c1-12(5-7-13-2)9(8-11)10-4-3-6-14-10/h3-4,6,9H,5,7H2,1-2H3. The Morgan fingerprint density at radius 3 is 3.00 bits per heavy atom. The summed E-state index contributed by atoms with van der Waals surface area (Å²) in [4.78, 5) is 1.89. The largest absolute Gasteiger partial charge is 0.467 e. The molecule has 0 aromatic carbocycles. The summed E-state index contributed by atoms with van der Waals surface area (Å²) in [6.07, 6.45) is 1.57. The number of hydrogen-bond donors (Lipinski definition) is 0. The van der Waals surface area contributed by atoms with Crippen molar-refractivity contribution in [2.45, 2.75) is 6.04 Å². The molecule has 0 aliphatic rings. The topological polar surface area (TPSA) is 49.4 Å². The fraction of sp³-hybridized carbons (Fsp3) is 0.500. The second-order valence-corrected chi connectivity index (χ2v) is 3.02. The van der Waals surface area contributed by atoms with Crippen molar-refractivity contribution in [1.82, 2.24) is 4.90 Å². The summed E-state index contributed by atoms with van der Waals surface area (Å²) >= 11 is 0. The van der Waals surface area contributed by atoms with Gasteiger partial charge >= 0.3 is 0 Å². The number of ether oxygens (including phenoxy) is 1. The molecule has 0 spiro atoms. The van der Waals surface area contributed by atoms with Gasteiger partial charge in [0.25, 0.3) is 0 Å². The molecule has 0 amide bonds. The monoisotopic (exact) mass is 194 g/mol. The van der Waals surface area contributed by atoms with E-state index in [1.165, 1.54) is 0 Å². The number of nitrogens with zero attached hydrogens (tertiary/aromatic N) is 2. The van der Waals surface area contributed by atoms with Crippen LogP contribution in [0, 0.1) is 11.3 Å². The predicted octanol–water partition coefficient (Wildman–Crippen LogP) is 1.42. The SMILES string of the molecule is COCCN(C)C(C#N)c1ccco1. The van der Waals surface area contributed by atoms with Crippen LogP contribution in [-0.4, -0.2) is 32.2 Å². The van der Waals surface area contributed by atoms with E-state index >= 15 is 0 Å². The molecule has 1 unspecified atom stereocenters. The molecule has 4 heteroatoms. The summed E-state index contributed by atoms with van der Waals surface area (Å²) < 4.78 is 10.1. The lowest BCUT2D eigenvalue weighted by Crippen LogP contribution is -2.26. The van der Waals surface area contributed by atoms with Gasteiger partial charge in [-0.25, -0.2) is 0 Å². The number of hydrogen-bond acceptors (Lipinski definition) is 4. The third-order valence-electron chi connectivity index (χ3n) is 2.02. The fourth-order valence-corrected chi connectivity index (χ4v) is 1.19. The second-order valence-electron chi connectivity index (χ2n) is 3.02. The minimum Gasteiger partial charge on any atom is -0.467 e. The maximum Gasteiger partial charge on any atom is 0.156 e. The number of furan rings is 1. The van der Waals surface area contributed by atoms with Crippen LogP contribution in [0.5, 0.6) is 0 Å². The maximum atomic E-state index is 8.98. The van der Waals surface area contributed by atoms with Crippen molar-refractivity contribution in [1.29, 1.82) is 5.26 Å². The smallest absolute Gasteiger partial charge is 0.156 e. The van der Waals surface area contributed by atoms with Crippen molar-refractivity contribution < 1.29 is 9.15 Å². The highest BCUT2D eigenvalue weighted by molar-refractivity contribution is 5.12. The Morgan fingerprint density at radius 2 is 2.50 bits per heavy atom. The van der Waals surface area contributed by atoms with Crippen LogP contribution in [0.4, 0.5) is 0 Å². The van der Waals surface area contributed by atoms with Gasteiger partial charge in [-0.2, -0.15) is 5.26 Å². The summed E-state index contributed by atoms with van der Waals surface area (Å²) in [6.45, 7) is 1.31. The van der Waals surface area contributed by atoms with Crippen LogP contribution in [0.3, 0.4) is 0 Å². The van der Waals surface area contributed by atoms with Crippen LogP contribution in [-0.2, 0) is 4.74 Å². The molecular weight excluding hydrogens is 180 g/mol. The minimum absolute atomic E-state index is 0.333. The zero-order valence-corrected chi connectivity index (χ0v) is 8.43. The maximum absolute atomic E-state index is 8.98. The van der Waals surface area contributed by atoms with Gasteiger partial charge in [0, 0.05) is 13.7 Å². The molecule has 1 heterocycles. The molecule has 0 saturated heterocycles. The molecular formula is C10H14N2O2. The lowest BCUT2D eigenvalue weighted by molar-refractivity contribution is 0.145. The van der Waals surface area contributed by atoms with E-state index in [-0.39, 0.29) is 6.04 Å². The van der Waals surface area contributed by atoms with Gasteiger partial charge in [-0.15, -0.1) is 0 Å². The first kappa shape index (κ1) is 10.8. The van der Waals surface area contributed by atoms with Crippen LogP contribution < -0.4 is 0 Å². The van der Waals surface area contributed by atoms with Crippen molar-refractivity contribution >= 4 is 0 Å². The first-order chi connectivity index (χ1) is 6.79. The van der Waals surface area contributed by atoms with Crippen molar-refractivity contribution in [3.05, 3.63) is 24.2 Å². The molecule has 0 aliphatic carbocycles. The molecule has 1 aromatic rings. The van der Waals surface area contributed by atoms with E-state index in [0.717, 1.165) is 0 Å². The summed E-state index contributed by atoms with van der Waals surface area (Å²) in [5, 5.41) is 8.98. The Labute approximate surface area is 83.7 Å². The van der Waals surface area contributed by atoms with E-state index in [4.69, 9.17) is 14.4 Å². The highest BCUT2D eigenvalue weighted by Gasteiger charge is 2.18. The minimum atomic E-state index is -0.333. The summed E-state index contributed by atoms with van der Waals surface area (Å²) in [5.74, 6) is 0.672. The van der Waals surface area contributed by atoms with Gasteiger partial charge in [0.2, 0.25) is 0 Å². The fourth-order valence-electron chi connectivity index (χ4n) is 1.19. The molecule has 1 atom stereocenters. The zero-order chi connectivity index (χ0) is 10.4. The van der Waals surface area contributed by atoms with Gasteiger partial charge < -0.3 is 9.15 Å². The number of likely N-dealkylation sites (N-methyl/N-ethyl adjacent to an activating group) is 1. The van der Waals surface area contributed by atoms with E-state index in [9.17, 15) is 0 Å². The first-order valence-electron chi connectivity index (χ1n) is 4.41. The third kappa shape index (κ3) is 2.59. The first-order valence-corrected chi connectivity index (χ1v) is 4.41. The Balaban J connectivity index is 2.59. The van der Waals surface area contributed by atoms with E-state index in [2.05, 4.69) is 6.07 Å². The molecule has 4 nitrogen and oxygen atoms in total. The van der Waals surface area contributed by atoms with E-state index in [1.807, 2.05) is 11.9 Å². The molecule has 0 radical (unpaired) electrons. The van der Waals surface area contributed by atoms with E-state index in [0.29, 0.717) is 18.9 Å². The highest BCUT2D eigenvalue weighted by Crippen LogP contribution is 2.18. The molecule has 1 rings (SSSR count). The Morgan fingerprint density at radius 1 is 1.71 bits per heavy atom. The Kier molecular flexibility index (Phi) is 4.17. The number of methoxy groups -OCH3 is 1. The lowest BCUT2D eigenvalue weighted by Gasteiger charge is -2.19. The average molecular weight is 194 g/mol. The highest BCUT2D eigenvalue weighted by atomic mass is 16.5. The molecule has 76 valence electrons. The molecule has 0 fully saturated rings.